The van der Waals surface area contributed by atoms with Gasteiger partial charge in [-0.3, -0.25) is 19.9 Å². The first-order chi connectivity index (χ1) is 13.0. The lowest BCUT2D eigenvalue weighted by Gasteiger charge is -2.33. The molecule has 1 saturated heterocycles. The van der Waals surface area contributed by atoms with Crippen molar-refractivity contribution in [2.24, 2.45) is 4.99 Å². The highest BCUT2D eigenvalue weighted by molar-refractivity contribution is 8.01. The van der Waals surface area contributed by atoms with E-state index < -0.39 is 23.0 Å². The maximum absolute atomic E-state index is 12.8. The van der Waals surface area contributed by atoms with Gasteiger partial charge in [0.25, 0.3) is 0 Å². The summed E-state index contributed by atoms with van der Waals surface area (Å²) in [6.07, 6.45) is 2.72. The van der Waals surface area contributed by atoms with Crippen molar-refractivity contribution in [2.45, 2.75) is 43.5 Å². The standard InChI is InChI=1S/C18H16F2N2O4S/c19-18(20)26-14-8-9(4-5-12(14)22(24)25)15-16-10(2-1-3-13(16)23)21-11-6-7-27-17(11)15/h4-5,8,15,17-18H,1-3,6-7H2. The van der Waals surface area contributed by atoms with Crippen LogP contribution in [-0.4, -0.2) is 34.0 Å². The third kappa shape index (κ3) is 3.24. The number of ether oxygens (including phenoxy) is 1. The smallest absolute Gasteiger partial charge is 0.387 e. The molecule has 1 aromatic carbocycles. The number of rotatable bonds is 4. The minimum absolute atomic E-state index is 0.0197. The normalized spacial score (nSPS) is 24.6. The van der Waals surface area contributed by atoms with Crippen LogP contribution in [-0.2, 0) is 4.79 Å². The van der Waals surface area contributed by atoms with Gasteiger partial charge in [-0.05, 0) is 36.6 Å². The van der Waals surface area contributed by atoms with E-state index in [1.54, 1.807) is 11.8 Å². The average molecular weight is 394 g/mol. The predicted molar refractivity (Wildman–Crippen MR) is 96.7 cm³/mol. The van der Waals surface area contributed by atoms with Crippen LogP contribution in [0.4, 0.5) is 14.5 Å². The van der Waals surface area contributed by atoms with E-state index in [9.17, 15) is 23.7 Å². The summed E-state index contributed by atoms with van der Waals surface area (Å²) >= 11 is 1.68. The zero-order valence-corrected chi connectivity index (χ0v) is 15.0. The van der Waals surface area contributed by atoms with Crippen LogP contribution >= 0.6 is 11.8 Å². The Hall–Kier alpha value is -2.29. The third-order valence-corrected chi connectivity index (χ3v) is 6.40. The van der Waals surface area contributed by atoms with Crippen LogP contribution in [0.3, 0.4) is 0 Å². The van der Waals surface area contributed by atoms with E-state index in [1.807, 2.05) is 0 Å². The molecule has 2 atom stereocenters. The Balaban J connectivity index is 1.83. The van der Waals surface area contributed by atoms with Gasteiger partial charge < -0.3 is 4.74 Å². The molecule has 0 radical (unpaired) electrons. The minimum atomic E-state index is -3.17. The molecule has 2 heterocycles. The van der Waals surface area contributed by atoms with E-state index in [4.69, 9.17) is 4.99 Å². The molecule has 2 aliphatic heterocycles. The molecular formula is C18H16F2N2O4S. The number of nitro benzene ring substituents is 1. The summed E-state index contributed by atoms with van der Waals surface area (Å²) in [4.78, 5) is 27.7. The number of allylic oxidation sites excluding steroid dienone is 2. The number of nitrogens with zero attached hydrogens (tertiary/aromatic N) is 2. The highest BCUT2D eigenvalue weighted by Crippen LogP contribution is 2.48. The molecule has 4 rings (SSSR count). The number of hydrogen-bond donors (Lipinski definition) is 0. The first kappa shape index (κ1) is 18.1. The number of Topliss-reactive ketones (excluding diaryl/α,β-unsaturated/α-hetero) is 1. The Bertz CT molecular complexity index is 884. The fourth-order valence-corrected chi connectivity index (χ4v) is 5.41. The molecule has 0 N–H and O–H groups in total. The number of ketones is 1. The molecule has 2 unspecified atom stereocenters. The van der Waals surface area contributed by atoms with Crippen molar-refractivity contribution >= 4 is 28.9 Å². The lowest BCUT2D eigenvalue weighted by molar-refractivity contribution is -0.386. The van der Waals surface area contributed by atoms with E-state index >= 15 is 0 Å². The van der Waals surface area contributed by atoms with Crippen molar-refractivity contribution in [1.82, 2.24) is 0 Å². The molecule has 27 heavy (non-hydrogen) atoms. The zero-order valence-electron chi connectivity index (χ0n) is 14.2. The molecule has 6 nitrogen and oxygen atoms in total. The van der Waals surface area contributed by atoms with Crippen LogP contribution in [0.1, 0.15) is 37.2 Å². The number of fused-ring (bicyclic) bond motifs is 1. The van der Waals surface area contributed by atoms with E-state index in [2.05, 4.69) is 4.74 Å². The topological polar surface area (TPSA) is 81.8 Å². The Labute approximate surface area is 157 Å². The average Bonchev–Trinajstić information content (AvgIpc) is 3.07. The Morgan fingerprint density at radius 1 is 1.30 bits per heavy atom. The number of alkyl halides is 2. The summed E-state index contributed by atoms with van der Waals surface area (Å²) in [6.45, 7) is -3.17. The first-order valence-electron chi connectivity index (χ1n) is 8.64. The summed E-state index contributed by atoms with van der Waals surface area (Å²) < 4.78 is 29.9. The van der Waals surface area contributed by atoms with Crippen molar-refractivity contribution in [2.75, 3.05) is 5.75 Å². The molecule has 1 fully saturated rings. The van der Waals surface area contributed by atoms with Crippen LogP contribution in [0.2, 0.25) is 0 Å². The summed E-state index contributed by atoms with van der Waals surface area (Å²) in [5.74, 6) is 0.0760. The molecule has 0 aromatic heterocycles. The van der Waals surface area contributed by atoms with Gasteiger partial charge in [0.1, 0.15) is 0 Å². The number of halogens is 2. The quantitative estimate of drug-likeness (QED) is 0.563. The molecule has 0 saturated carbocycles. The van der Waals surface area contributed by atoms with Crippen LogP contribution < -0.4 is 4.74 Å². The first-order valence-corrected chi connectivity index (χ1v) is 9.69. The van der Waals surface area contributed by atoms with E-state index in [-0.39, 0.29) is 17.0 Å². The lowest BCUT2D eigenvalue weighted by Crippen LogP contribution is -2.32. The van der Waals surface area contributed by atoms with Gasteiger partial charge in [0.15, 0.2) is 5.78 Å². The Morgan fingerprint density at radius 3 is 2.85 bits per heavy atom. The van der Waals surface area contributed by atoms with Gasteiger partial charge in [0, 0.05) is 35.4 Å². The van der Waals surface area contributed by atoms with E-state index in [0.29, 0.717) is 24.0 Å². The van der Waals surface area contributed by atoms with Gasteiger partial charge in [-0.2, -0.15) is 20.5 Å². The molecule has 142 valence electrons. The summed E-state index contributed by atoms with van der Waals surface area (Å²) in [5.41, 5.74) is 2.46. The minimum Gasteiger partial charge on any atom is -0.427 e. The van der Waals surface area contributed by atoms with Crippen molar-refractivity contribution < 1.29 is 23.2 Å². The maximum Gasteiger partial charge on any atom is 0.387 e. The Kier molecular flexibility index (Phi) is 4.71. The molecule has 9 heteroatoms. The fourth-order valence-electron chi connectivity index (χ4n) is 3.98. The van der Waals surface area contributed by atoms with Crippen molar-refractivity contribution in [3.63, 3.8) is 0 Å². The summed E-state index contributed by atoms with van der Waals surface area (Å²) in [6, 6.07) is 3.99. The predicted octanol–water partition coefficient (Wildman–Crippen LogP) is 4.25. The largest absolute Gasteiger partial charge is 0.427 e. The van der Waals surface area contributed by atoms with Crippen molar-refractivity contribution in [3.8, 4) is 5.75 Å². The van der Waals surface area contributed by atoms with Crippen molar-refractivity contribution in [1.29, 1.82) is 0 Å². The molecule has 0 bridgehead atoms. The summed E-state index contributed by atoms with van der Waals surface area (Å²) in [7, 11) is 0. The van der Waals surface area contributed by atoms with Gasteiger partial charge in [-0.15, -0.1) is 0 Å². The number of nitro groups is 1. The molecule has 0 amide bonds. The second-order valence-corrected chi connectivity index (χ2v) is 7.87. The van der Waals surface area contributed by atoms with Crippen molar-refractivity contribution in [3.05, 3.63) is 45.1 Å². The molecule has 0 spiro atoms. The van der Waals surface area contributed by atoms with E-state index in [1.165, 1.54) is 18.2 Å². The van der Waals surface area contributed by atoms with E-state index in [0.717, 1.165) is 30.0 Å². The molecule has 3 aliphatic rings. The SMILES string of the molecule is O=C1CCCC2=C1C(c1ccc([N+](=O)[O-])c(OC(F)F)c1)C1SCCC1=N2. The highest BCUT2D eigenvalue weighted by Gasteiger charge is 2.42. The van der Waals surface area contributed by atoms with Gasteiger partial charge in [0.05, 0.1) is 10.2 Å². The number of thioether (sulfide) groups is 1. The maximum atomic E-state index is 12.8. The molecule has 1 aliphatic carbocycles. The van der Waals surface area contributed by atoms with Crippen LogP contribution in [0.5, 0.6) is 5.75 Å². The van der Waals surface area contributed by atoms with Gasteiger partial charge >= 0.3 is 12.3 Å². The number of aliphatic imine (C=N–C) groups is 1. The summed E-state index contributed by atoms with van der Waals surface area (Å²) in [5, 5.41) is 11.1. The number of hydrogen-bond acceptors (Lipinski definition) is 6. The fraction of sp³-hybridized carbons (Fsp3) is 0.444. The number of benzene rings is 1. The monoisotopic (exact) mass is 394 g/mol. The van der Waals surface area contributed by atoms with Crippen LogP contribution in [0.15, 0.2) is 34.5 Å². The second-order valence-electron chi connectivity index (χ2n) is 6.62. The van der Waals surface area contributed by atoms with Gasteiger partial charge in [0.2, 0.25) is 5.75 Å². The van der Waals surface area contributed by atoms with Crippen LogP contribution in [0, 0.1) is 10.1 Å². The molecule has 1 aromatic rings. The van der Waals surface area contributed by atoms with Crippen LogP contribution in [0.25, 0.3) is 0 Å². The zero-order chi connectivity index (χ0) is 19.1. The molecular weight excluding hydrogens is 378 g/mol. The van der Waals surface area contributed by atoms with Gasteiger partial charge in [-0.1, -0.05) is 6.07 Å². The Morgan fingerprint density at radius 2 is 2.11 bits per heavy atom. The third-order valence-electron chi connectivity index (χ3n) is 5.06. The van der Waals surface area contributed by atoms with Gasteiger partial charge in [-0.25, -0.2) is 0 Å². The second kappa shape index (κ2) is 7.03. The number of carbonyl (C=O) groups is 1. The highest BCUT2D eigenvalue weighted by atomic mass is 32.2. The number of carbonyl (C=O) groups excluding carboxylic acids is 1. The lowest BCUT2D eigenvalue weighted by atomic mass is 9.77.